The summed E-state index contributed by atoms with van der Waals surface area (Å²) in [6.45, 7) is 23.6. The zero-order chi connectivity index (χ0) is 13.4. The van der Waals surface area contributed by atoms with Crippen LogP contribution < -0.4 is 0 Å². The summed E-state index contributed by atoms with van der Waals surface area (Å²) in [5.74, 6) is 5.36. The molecule has 0 aromatic carbocycles. The van der Waals surface area contributed by atoms with Crippen molar-refractivity contribution >= 4 is 0 Å². The van der Waals surface area contributed by atoms with Gasteiger partial charge in [-0.2, -0.15) is 0 Å². The lowest BCUT2D eigenvalue weighted by molar-refractivity contribution is 1.50. The fourth-order valence-electron chi connectivity index (χ4n) is 0. The molecule has 0 N–H and O–H groups in total. The van der Waals surface area contributed by atoms with E-state index in [4.69, 9.17) is 0 Å². The Morgan fingerprint density at radius 1 is 0.357 bits per heavy atom. The molecule has 0 aliphatic heterocycles. The van der Waals surface area contributed by atoms with Gasteiger partial charge in [-0.3, -0.25) is 0 Å². The molecule has 0 unspecified atom stereocenters. The van der Waals surface area contributed by atoms with Crippen LogP contribution in [0, 0.1) is 11.8 Å². The Labute approximate surface area is 95.5 Å². The first-order valence-corrected chi connectivity index (χ1v) is 6.25. The third kappa shape index (κ3) is 4110. The van der Waals surface area contributed by atoms with E-state index in [0.29, 0.717) is 0 Å². The zero-order valence-corrected chi connectivity index (χ0v) is 13.0. The van der Waals surface area contributed by atoms with Crippen LogP contribution in [-0.4, -0.2) is 0 Å². The number of rotatable bonds is 0. The molecule has 0 saturated heterocycles. The summed E-state index contributed by atoms with van der Waals surface area (Å²) >= 11 is 0. The summed E-state index contributed by atoms with van der Waals surface area (Å²) in [4.78, 5) is 0. The van der Waals surface area contributed by atoms with Crippen molar-refractivity contribution in [3.63, 3.8) is 0 Å². The van der Waals surface area contributed by atoms with Crippen LogP contribution in [0.15, 0.2) is 0 Å². The molecule has 0 saturated carbocycles. The lowest BCUT2D eigenvalue weighted by atomic mass is 10.7. The topological polar surface area (TPSA) is 0 Å². The van der Waals surface area contributed by atoms with Gasteiger partial charge in [-0.15, -0.1) is 11.8 Å². The monoisotopic (exact) mass is 204 g/mol. The summed E-state index contributed by atoms with van der Waals surface area (Å²) in [5.41, 5.74) is 0. The Bertz CT molecular complexity index is 36.8. The lowest BCUT2D eigenvalue weighted by Crippen LogP contribution is -1.28. The third-order valence-electron chi connectivity index (χ3n) is 0.250. The minimum atomic E-state index is 1.82. The van der Waals surface area contributed by atoms with Gasteiger partial charge in [0.25, 0.3) is 0 Å². The van der Waals surface area contributed by atoms with Crippen LogP contribution in [0.2, 0.25) is 0 Å². The van der Waals surface area contributed by atoms with E-state index in [1.807, 2.05) is 83.1 Å². The van der Waals surface area contributed by atoms with Gasteiger partial charge < -0.3 is 0 Å². The van der Waals surface area contributed by atoms with Crippen molar-refractivity contribution in [2.45, 2.75) is 83.1 Å². The Kier molecular flexibility index (Phi) is 1840. The standard InChI is InChI=1S/C4H6.5C2H6/c1-3-4-2;5*1-2/h1-2H3;5*1-2H3. The highest BCUT2D eigenvalue weighted by atomic mass is 13.3. The summed E-state index contributed by atoms with van der Waals surface area (Å²) in [6.07, 6.45) is 0. The van der Waals surface area contributed by atoms with Crippen LogP contribution in [0.25, 0.3) is 0 Å². The average molecular weight is 204 g/mol. The predicted octanol–water partition coefficient (Wildman–Crippen LogP) is 6.16. The highest BCUT2D eigenvalue weighted by Crippen LogP contribution is 1.39. The molecular weight excluding hydrogens is 168 g/mol. The van der Waals surface area contributed by atoms with E-state index in [9.17, 15) is 0 Å². The van der Waals surface area contributed by atoms with E-state index in [1.54, 1.807) is 0 Å². The molecule has 0 heterocycles. The summed E-state index contributed by atoms with van der Waals surface area (Å²) in [7, 11) is 0. The molecule has 0 radical (unpaired) electrons. The van der Waals surface area contributed by atoms with Crippen LogP contribution in [0.5, 0.6) is 0 Å². The van der Waals surface area contributed by atoms with Gasteiger partial charge in [0.05, 0.1) is 0 Å². The van der Waals surface area contributed by atoms with Crippen LogP contribution in [-0.2, 0) is 0 Å². The van der Waals surface area contributed by atoms with Gasteiger partial charge in [0, 0.05) is 0 Å². The predicted molar refractivity (Wildman–Crippen MR) is 75.9 cm³/mol. The highest BCUT2D eigenvalue weighted by Gasteiger charge is 1.26. The number of hydrogen-bond acceptors (Lipinski definition) is 0. The van der Waals surface area contributed by atoms with Gasteiger partial charge in [0.15, 0.2) is 0 Å². The molecule has 0 aromatic heterocycles. The lowest BCUT2D eigenvalue weighted by Gasteiger charge is -1.40. The van der Waals surface area contributed by atoms with Gasteiger partial charge >= 0.3 is 0 Å². The molecule has 0 spiro atoms. The van der Waals surface area contributed by atoms with Crippen molar-refractivity contribution in [2.75, 3.05) is 0 Å². The Balaban J connectivity index is -0.0000000143. The Morgan fingerprint density at radius 3 is 0.429 bits per heavy atom. The van der Waals surface area contributed by atoms with E-state index in [-0.39, 0.29) is 0 Å². The molecule has 0 nitrogen and oxygen atoms in total. The number of hydrogen-bond donors (Lipinski definition) is 0. The maximum atomic E-state index is 2.68. The van der Waals surface area contributed by atoms with Gasteiger partial charge in [0.1, 0.15) is 0 Å². The molecule has 0 heteroatoms. The quantitative estimate of drug-likeness (QED) is 0.414. The molecular formula is C14H36. The molecule has 0 fully saturated rings. The van der Waals surface area contributed by atoms with Crippen molar-refractivity contribution in [1.82, 2.24) is 0 Å². The summed E-state index contributed by atoms with van der Waals surface area (Å²) < 4.78 is 0. The fraction of sp³-hybridized carbons (Fsp3) is 0.857. The Hall–Kier alpha value is -0.440. The van der Waals surface area contributed by atoms with Crippen LogP contribution in [0.4, 0.5) is 0 Å². The molecule has 14 heavy (non-hydrogen) atoms. The molecule has 0 atom stereocenters. The van der Waals surface area contributed by atoms with Gasteiger partial charge in [-0.05, 0) is 13.8 Å². The van der Waals surface area contributed by atoms with Crippen LogP contribution in [0.3, 0.4) is 0 Å². The van der Waals surface area contributed by atoms with E-state index >= 15 is 0 Å². The largest absolute Gasteiger partial charge is 0.107 e. The van der Waals surface area contributed by atoms with E-state index in [2.05, 4.69) is 11.8 Å². The molecule has 0 aliphatic rings. The maximum absolute atomic E-state index is 2.68. The second-order valence-corrected chi connectivity index (χ2v) is 0.500. The van der Waals surface area contributed by atoms with Crippen LogP contribution >= 0.6 is 0 Å². The normalized spacial score (nSPS) is 3.14. The first-order valence-electron chi connectivity index (χ1n) is 6.25. The van der Waals surface area contributed by atoms with Crippen molar-refractivity contribution < 1.29 is 0 Å². The van der Waals surface area contributed by atoms with E-state index in [0.717, 1.165) is 0 Å². The van der Waals surface area contributed by atoms with Crippen molar-refractivity contribution in [3.8, 4) is 11.8 Å². The highest BCUT2D eigenvalue weighted by molar-refractivity contribution is 4.89. The molecule has 92 valence electrons. The second-order valence-electron chi connectivity index (χ2n) is 0.500. The Morgan fingerprint density at radius 2 is 0.429 bits per heavy atom. The average Bonchev–Trinajstić information content (AvgIpc) is 2.41. The molecule has 0 rings (SSSR count). The smallest absolute Gasteiger partial charge is 0.00271 e. The van der Waals surface area contributed by atoms with Gasteiger partial charge in [-0.25, -0.2) is 0 Å². The summed E-state index contributed by atoms with van der Waals surface area (Å²) in [5, 5.41) is 0. The van der Waals surface area contributed by atoms with Crippen molar-refractivity contribution in [2.24, 2.45) is 0 Å². The minimum Gasteiger partial charge on any atom is -0.107 e. The molecule has 0 aliphatic carbocycles. The van der Waals surface area contributed by atoms with Crippen LogP contribution in [0.1, 0.15) is 83.1 Å². The van der Waals surface area contributed by atoms with Crippen molar-refractivity contribution in [1.29, 1.82) is 0 Å². The van der Waals surface area contributed by atoms with E-state index in [1.165, 1.54) is 0 Å². The second kappa shape index (κ2) is 690. The van der Waals surface area contributed by atoms with Gasteiger partial charge in [-0.1, -0.05) is 69.2 Å². The SMILES string of the molecule is CC.CC.CC.CC.CC.CC#CC. The first kappa shape index (κ1) is 37.4. The maximum Gasteiger partial charge on any atom is -0.00271 e. The first-order chi connectivity index (χ1) is 6.91. The molecule has 0 aromatic rings. The summed E-state index contributed by atoms with van der Waals surface area (Å²) in [6, 6.07) is 0. The van der Waals surface area contributed by atoms with Crippen molar-refractivity contribution in [3.05, 3.63) is 0 Å². The zero-order valence-electron chi connectivity index (χ0n) is 13.0. The fourth-order valence-corrected chi connectivity index (χ4v) is 0. The van der Waals surface area contributed by atoms with Gasteiger partial charge in [0.2, 0.25) is 0 Å². The molecule has 0 amide bonds. The van der Waals surface area contributed by atoms with E-state index < -0.39 is 0 Å². The minimum absolute atomic E-state index is 1.82. The third-order valence-corrected chi connectivity index (χ3v) is 0.250. The molecule has 0 bridgehead atoms.